The molecule has 1 saturated heterocycles. The van der Waals surface area contributed by atoms with Crippen LogP contribution >= 0.6 is 0 Å². The van der Waals surface area contributed by atoms with Gasteiger partial charge in [-0.1, -0.05) is 63.8 Å². The molecule has 0 aromatic heterocycles. The molecule has 34 heavy (non-hydrogen) atoms. The van der Waals surface area contributed by atoms with Gasteiger partial charge in [-0.3, -0.25) is 0 Å². The Labute approximate surface area is 200 Å². The van der Waals surface area contributed by atoms with Crippen LogP contribution in [0.15, 0.2) is 24.3 Å². The highest BCUT2D eigenvalue weighted by Gasteiger charge is 2.39. The van der Waals surface area contributed by atoms with E-state index < -0.39 is 24.0 Å². The third kappa shape index (κ3) is 5.05. The Balaban J connectivity index is 1.48. The fraction of sp³-hybridized carbons (Fsp3) is 0.586. The first-order valence-corrected chi connectivity index (χ1v) is 13.0. The molecule has 5 heteroatoms. The number of aryl methyl sites for hydroxylation is 2. The summed E-state index contributed by atoms with van der Waals surface area (Å²) in [4.78, 5) is 0. The minimum absolute atomic E-state index is 0.258. The van der Waals surface area contributed by atoms with Gasteiger partial charge in [0.15, 0.2) is 12.3 Å². The second kappa shape index (κ2) is 11.2. The van der Waals surface area contributed by atoms with E-state index in [1.807, 2.05) is 6.92 Å². The van der Waals surface area contributed by atoms with Crippen molar-refractivity contribution < 1.29 is 22.3 Å². The number of unbranched alkanes of at least 4 members (excludes halogenated alkanes) is 2. The molecule has 1 aliphatic heterocycles. The number of halogens is 4. The smallest absolute Gasteiger partial charge is 0.164 e. The van der Waals surface area contributed by atoms with E-state index in [-0.39, 0.29) is 22.3 Å². The molecule has 4 atom stereocenters. The molecule has 2 aromatic rings. The van der Waals surface area contributed by atoms with Gasteiger partial charge in [-0.25, -0.2) is 17.6 Å². The predicted molar refractivity (Wildman–Crippen MR) is 128 cm³/mol. The highest BCUT2D eigenvalue weighted by atomic mass is 19.2. The summed E-state index contributed by atoms with van der Waals surface area (Å²) in [6, 6.07) is 6.50. The zero-order valence-corrected chi connectivity index (χ0v) is 20.3. The largest absolute Gasteiger partial charge is 0.378 e. The third-order valence-electron chi connectivity index (χ3n) is 7.55. The second-order valence-electron chi connectivity index (χ2n) is 9.99. The van der Waals surface area contributed by atoms with Gasteiger partial charge in [0.2, 0.25) is 0 Å². The maximum Gasteiger partial charge on any atom is 0.164 e. The molecule has 0 spiro atoms. The van der Waals surface area contributed by atoms with Crippen molar-refractivity contribution in [3.63, 3.8) is 0 Å². The van der Waals surface area contributed by atoms with E-state index >= 15 is 13.2 Å². The van der Waals surface area contributed by atoms with E-state index in [0.29, 0.717) is 49.0 Å². The zero-order chi connectivity index (χ0) is 24.2. The summed E-state index contributed by atoms with van der Waals surface area (Å²) in [5.74, 6) is -1.04. The molecule has 2 aliphatic rings. The molecule has 0 radical (unpaired) electrons. The van der Waals surface area contributed by atoms with Crippen LogP contribution in [-0.2, 0) is 17.6 Å². The van der Waals surface area contributed by atoms with Crippen LogP contribution in [0.4, 0.5) is 17.6 Å². The van der Waals surface area contributed by atoms with E-state index in [9.17, 15) is 4.39 Å². The molecule has 4 rings (SSSR count). The first-order valence-electron chi connectivity index (χ1n) is 13.0. The van der Waals surface area contributed by atoms with E-state index in [4.69, 9.17) is 4.74 Å². The van der Waals surface area contributed by atoms with Gasteiger partial charge in [-0.05, 0) is 66.7 Å². The molecule has 1 heterocycles. The molecule has 2 aromatic carbocycles. The van der Waals surface area contributed by atoms with E-state index in [0.717, 1.165) is 25.7 Å². The molecule has 186 valence electrons. The lowest BCUT2D eigenvalue weighted by atomic mass is 9.80. The first-order chi connectivity index (χ1) is 16.5. The zero-order valence-electron chi connectivity index (χ0n) is 20.3. The lowest BCUT2D eigenvalue weighted by molar-refractivity contribution is -0.0226. The quantitative estimate of drug-likeness (QED) is 0.259. The fourth-order valence-corrected chi connectivity index (χ4v) is 5.53. The number of ether oxygens (including phenoxy) is 1. The van der Waals surface area contributed by atoms with Gasteiger partial charge in [-0.15, -0.1) is 0 Å². The van der Waals surface area contributed by atoms with Crippen molar-refractivity contribution in [2.75, 3.05) is 6.61 Å². The van der Waals surface area contributed by atoms with Crippen LogP contribution in [0.1, 0.15) is 99.8 Å². The summed E-state index contributed by atoms with van der Waals surface area (Å²) in [6.45, 7) is 4.77. The van der Waals surface area contributed by atoms with Gasteiger partial charge < -0.3 is 4.74 Å². The minimum atomic E-state index is -2.21. The number of alkyl halides is 2. The summed E-state index contributed by atoms with van der Waals surface area (Å²) in [6.07, 6.45) is 5.06. The van der Waals surface area contributed by atoms with Crippen molar-refractivity contribution in [1.29, 1.82) is 0 Å². The lowest BCUT2D eigenvalue weighted by Crippen LogP contribution is -2.26. The molecule has 0 amide bonds. The van der Waals surface area contributed by atoms with Gasteiger partial charge in [0.25, 0.3) is 0 Å². The highest BCUT2D eigenvalue weighted by Crippen LogP contribution is 2.51. The van der Waals surface area contributed by atoms with Crippen LogP contribution in [0.5, 0.6) is 0 Å². The second-order valence-corrected chi connectivity index (χ2v) is 9.99. The Bertz CT molecular complexity index is 981. The Morgan fingerprint density at radius 3 is 1.91 bits per heavy atom. The van der Waals surface area contributed by atoms with Gasteiger partial charge >= 0.3 is 0 Å². The summed E-state index contributed by atoms with van der Waals surface area (Å²) >= 11 is 0. The summed E-state index contributed by atoms with van der Waals surface area (Å²) < 4.78 is 66.6. The Morgan fingerprint density at radius 2 is 1.38 bits per heavy atom. The summed E-state index contributed by atoms with van der Waals surface area (Å²) in [5, 5.41) is 0. The number of rotatable bonds is 9. The van der Waals surface area contributed by atoms with Gasteiger partial charge in [-0.2, -0.15) is 0 Å². The van der Waals surface area contributed by atoms with E-state index in [1.165, 1.54) is 19.3 Å². The van der Waals surface area contributed by atoms with Crippen LogP contribution in [0, 0.1) is 17.6 Å². The van der Waals surface area contributed by atoms with Crippen molar-refractivity contribution in [2.45, 2.75) is 96.5 Å². The van der Waals surface area contributed by atoms with E-state index in [2.05, 4.69) is 6.92 Å². The number of hydrogen-bond acceptors (Lipinski definition) is 1. The predicted octanol–water partition coefficient (Wildman–Crippen LogP) is 8.93. The highest BCUT2D eigenvalue weighted by molar-refractivity contribution is 5.76. The van der Waals surface area contributed by atoms with Gasteiger partial charge in [0, 0.05) is 17.7 Å². The van der Waals surface area contributed by atoms with Crippen LogP contribution in [0.25, 0.3) is 11.1 Å². The van der Waals surface area contributed by atoms with Crippen molar-refractivity contribution in [3.8, 4) is 11.1 Å². The fourth-order valence-electron chi connectivity index (χ4n) is 5.53. The molecule has 4 unspecified atom stereocenters. The molecule has 1 aliphatic carbocycles. The van der Waals surface area contributed by atoms with Crippen LogP contribution in [-0.4, -0.2) is 12.7 Å². The van der Waals surface area contributed by atoms with Crippen LogP contribution in [0.3, 0.4) is 0 Å². The molecular weight excluding hydrogens is 440 g/mol. The van der Waals surface area contributed by atoms with Crippen LogP contribution in [0.2, 0.25) is 0 Å². The van der Waals surface area contributed by atoms with Crippen molar-refractivity contribution in [3.05, 3.63) is 58.2 Å². The van der Waals surface area contributed by atoms with Crippen molar-refractivity contribution in [1.82, 2.24) is 0 Å². The van der Waals surface area contributed by atoms with Gasteiger partial charge in [0.05, 0.1) is 6.10 Å². The molecular formula is C29H36F4O. The Kier molecular flexibility index (Phi) is 8.34. The van der Waals surface area contributed by atoms with Crippen LogP contribution < -0.4 is 0 Å². The monoisotopic (exact) mass is 476 g/mol. The molecule has 0 bridgehead atoms. The first kappa shape index (κ1) is 25.2. The Hall–Kier alpha value is -1.88. The molecule has 0 N–H and O–H groups in total. The Morgan fingerprint density at radius 1 is 0.765 bits per heavy atom. The maximum atomic E-state index is 15.4. The average Bonchev–Trinajstić information content (AvgIpc) is 2.84. The number of hydrogen-bond donors (Lipinski definition) is 0. The molecule has 0 saturated carbocycles. The van der Waals surface area contributed by atoms with Gasteiger partial charge in [0.1, 0.15) is 11.6 Å². The van der Waals surface area contributed by atoms with Crippen molar-refractivity contribution in [2.24, 2.45) is 5.92 Å². The molecule has 1 fully saturated rings. The normalized spacial score (nSPS) is 24.1. The van der Waals surface area contributed by atoms with E-state index in [1.54, 1.807) is 24.3 Å². The average molecular weight is 477 g/mol. The lowest BCUT2D eigenvalue weighted by Gasteiger charge is -2.30. The number of benzene rings is 2. The SMILES string of the molecule is CCCCCC1CCC(CCc2ccc3c(c2F)C(F)C(F)c2c-3ccc(CCC)c2F)CO1. The molecule has 1 nitrogen and oxygen atoms in total. The maximum absolute atomic E-state index is 15.4. The standard InChI is InChI=1S/C29H36F4O/c1-3-5-6-8-21-14-10-18(17-34-21)9-11-20-13-16-23-22-15-12-19(7-4-2)26(30)24(22)28(32)29(33)25(23)27(20)31/h12-13,15-16,18,21,28-29H,3-11,14,17H2,1-2H3. The summed E-state index contributed by atoms with van der Waals surface area (Å²) in [5.41, 5.74) is 0.746. The topological polar surface area (TPSA) is 9.23 Å². The number of fused-ring (bicyclic) bond motifs is 3. The summed E-state index contributed by atoms with van der Waals surface area (Å²) in [7, 11) is 0. The minimum Gasteiger partial charge on any atom is -0.378 e. The third-order valence-corrected chi connectivity index (χ3v) is 7.55. The van der Waals surface area contributed by atoms with Crippen molar-refractivity contribution >= 4 is 0 Å².